The summed E-state index contributed by atoms with van der Waals surface area (Å²) in [5, 5.41) is 2.84. The first kappa shape index (κ1) is 13.8. The summed E-state index contributed by atoms with van der Waals surface area (Å²) >= 11 is 0. The molecule has 2 bridgehead atoms. The second-order valence-corrected chi connectivity index (χ2v) is 7.83. The number of hydrogen-bond acceptors (Lipinski definition) is 3. The summed E-state index contributed by atoms with van der Waals surface area (Å²) in [5.74, 6) is 1.91. The van der Waals surface area contributed by atoms with E-state index in [0.717, 1.165) is 55.1 Å². The predicted molar refractivity (Wildman–Crippen MR) is 88.3 cm³/mol. The van der Waals surface area contributed by atoms with Crippen LogP contribution < -0.4 is 5.32 Å². The number of carbonyl (C=O) groups excluding carboxylic acids is 1. The van der Waals surface area contributed by atoms with Crippen molar-refractivity contribution in [2.45, 2.75) is 50.2 Å². The average Bonchev–Trinajstić information content (AvgIpc) is 3.19. The molecule has 2 heterocycles. The largest absolute Gasteiger partial charge is 0.438 e. The number of likely N-dealkylation sites (tertiary alicyclic amines) is 1. The molecule has 3 atom stereocenters. The molecule has 4 heteroatoms. The van der Waals surface area contributed by atoms with Crippen LogP contribution in [-0.4, -0.2) is 30.1 Å². The lowest BCUT2D eigenvalue weighted by Gasteiger charge is -2.46. The van der Waals surface area contributed by atoms with Crippen LogP contribution in [0.4, 0.5) is 10.5 Å². The van der Waals surface area contributed by atoms with Crippen molar-refractivity contribution in [1.29, 1.82) is 0 Å². The third-order valence-electron chi connectivity index (χ3n) is 6.72. The van der Waals surface area contributed by atoms with Gasteiger partial charge in [0.15, 0.2) is 0 Å². The van der Waals surface area contributed by atoms with Crippen LogP contribution in [0.15, 0.2) is 24.3 Å². The van der Waals surface area contributed by atoms with Gasteiger partial charge in [-0.3, -0.25) is 10.2 Å². The van der Waals surface area contributed by atoms with E-state index in [1.54, 1.807) is 0 Å². The lowest BCUT2D eigenvalue weighted by atomic mass is 9.81. The van der Waals surface area contributed by atoms with Crippen molar-refractivity contribution < 1.29 is 9.53 Å². The van der Waals surface area contributed by atoms with Gasteiger partial charge in [0.25, 0.3) is 0 Å². The molecule has 2 aliphatic carbocycles. The smallest absolute Gasteiger partial charge is 0.412 e. The summed E-state index contributed by atoms with van der Waals surface area (Å²) in [6.07, 6.45) is 7.28. The highest BCUT2D eigenvalue weighted by atomic mass is 16.6. The zero-order valence-corrected chi connectivity index (χ0v) is 13.5. The van der Waals surface area contributed by atoms with E-state index in [2.05, 4.69) is 16.3 Å². The van der Waals surface area contributed by atoms with Crippen LogP contribution in [0.25, 0.3) is 0 Å². The van der Waals surface area contributed by atoms with Crippen LogP contribution in [0.2, 0.25) is 0 Å². The quantitative estimate of drug-likeness (QED) is 0.859. The van der Waals surface area contributed by atoms with Crippen molar-refractivity contribution >= 4 is 11.8 Å². The Labute approximate surface area is 137 Å². The fraction of sp³-hybridized carbons (Fsp3) is 0.632. The zero-order chi connectivity index (χ0) is 15.4. The fourth-order valence-electron chi connectivity index (χ4n) is 5.60. The van der Waals surface area contributed by atoms with E-state index in [1.165, 1.54) is 25.7 Å². The molecule has 0 radical (unpaired) electrons. The van der Waals surface area contributed by atoms with E-state index >= 15 is 0 Å². The molecule has 0 aromatic heterocycles. The molecule has 2 aliphatic heterocycles. The highest BCUT2D eigenvalue weighted by Gasteiger charge is 2.48. The summed E-state index contributed by atoms with van der Waals surface area (Å²) in [6, 6.07) is 8.91. The second kappa shape index (κ2) is 4.97. The first-order valence-electron chi connectivity index (χ1n) is 9.07. The topological polar surface area (TPSA) is 41.6 Å². The number of hydrogen-bond donors (Lipinski definition) is 1. The van der Waals surface area contributed by atoms with Gasteiger partial charge in [-0.2, -0.15) is 0 Å². The van der Waals surface area contributed by atoms with Crippen LogP contribution in [0.1, 0.15) is 44.1 Å². The first-order valence-corrected chi connectivity index (χ1v) is 9.07. The molecular weight excluding hydrogens is 288 g/mol. The van der Waals surface area contributed by atoms with Gasteiger partial charge in [-0.05, 0) is 37.2 Å². The molecule has 1 N–H and O–H groups in total. The number of rotatable bonds is 1. The number of carbonyl (C=O) groups is 1. The maximum absolute atomic E-state index is 12.0. The number of nitrogens with zero attached hydrogens (tertiary/aromatic N) is 1. The molecule has 2 saturated carbocycles. The minimum Gasteiger partial charge on any atom is -0.438 e. The Balaban J connectivity index is 1.37. The third-order valence-corrected chi connectivity index (χ3v) is 6.72. The summed E-state index contributed by atoms with van der Waals surface area (Å²) in [7, 11) is 0. The summed E-state index contributed by atoms with van der Waals surface area (Å²) < 4.78 is 5.84. The van der Waals surface area contributed by atoms with Crippen LogP contribution in [0.5, 0.6) is 0 Å². The molecule has 3 fully saturated rings. The van der Waals surface area contributed by atoms with Crippen LogP contribution in [0.3, 0.4) is 0 Å². The SMILES string of the molecule is O=C1Nc2ccccc2C2(CCN([C@H]3C[C@@H]4CC[C@@H]3C4)CC2)O1. The van der Waals surface area contributed by atoms with E-state index in [4.69, 9.17) is 4.74 Å². The number of anilines is 1. The summed E-state index contributed by atoms with van der Waals surface area (Å²) in [4.78, 5) is 14.7. The fourth-order valence-corrected chi connectivity index (χ4v) is 5.60. The molecule has 1 aromatic rings. The molecule has 23 heavy (non-hydrogen) atoms. The molecular formula is C19H24N2O2. The lowest BCUT2D eigenvalue weighted by Crippen LogP contribution is -2.51. The van der Waals surface area contributed by atoms with Gasteiger partial charge in [-0.1, -0.05) is 24.6 Å². The Kier molecular flexibility index (Phi) is 2.99. The van der Waals surface area contributed by atoms with E-state index in [0.29, 0.717) is 0 Å². The summed E-state index contributed by atoms with van der Waals surface area (Å²) in [6.45, 7) is 2.10. The molecule has 1 saturated heterocycles. The van der Waals surface area contributed by atoms with Crippen molar-refractivity contribution in [1.82, 2.24) is 4.90 Å². The Bertz CT molecular complexity index is 636. The predicted octanol–water partition coefficient (Wildman–Crippen LogP) is 3.73. The van der Waals surface area contributed by atoms with Gasteiger partial charge in [0, 0.05) is 37.5 Å². The van der Waals surface area contributed by atoms with Crippen molar-refractivity contribution in [3.05, 3.63) is 29.8 Å². The highest BCUT2D eigenvalue weighted by Crippen LogP contribution is 2.49. The van der Waals surface area contributed by atoms with Crippen molar-refractivity contribution in [2.24, 2.45) is 11.8 Å². The number of para-hydroxylation sites is 1. The number of amides is 1. The molecule has 1 spiro atoms. The lowest BCUT2D eigenvalue weighted by molar-refractivity contribution is -0.0503. The number of ether oxygens (including phenoxy) is 1. The Morgan fingerprint density at radius 3 is 2.70 bits per heavy atom. The molecule has 4 nitrogen and oxygen atoms in total. The Hall–Kier alpha value is -1.55. The molecule has 122 valence electrons. The van der Waals surface area contributed by atoms with Gasteiger partial charge < -0.3 is 4.74 Å². The molecule has 1 aromatic carbocycles. The third kappa shape index (κ3) is 2.11. The van der Waals surface area contributed by atoms with Gasteiger partial charge in [0.05, 0.1) is 5.69 Å². The maximum atomic E-state index is 12.0. The van der Waals surface area contributed by atoms with E-state index in [1.807, 2.05) is 18.2 Å². The minimum absolute atomic E-state index is 0.294. The highest BCUT2D eigenvalue weighted by molar-refractivity contribution is 5.88. The number of piperidine rings is 1. The molecule has 1 amide bonds. The molecule has 4 aliphatic rings. The monoisotopic (exact) mass is 312 g/mol. The van der Waals surface area contributed by atoms with Crippen LogP contribution in [-0.2, 0) is 10.3 Å². The zero-order valence-electron chi connectivity index (χ0n) is 13.5. The maximum Gasteiger partial charge on any atom is 0.412 e. The van der Waals surface area contributed by atoms with Crippen molar-refractivity contribution in [3.63, 3.8) is 0 Å². The van der Waals surface area contributed by atoms with Crippen LogP contribution in [0, 0.1) is 11.8 Å². The summed E-state index contributed by atoms with van der Waals surface area (Å²) in [5.41, 5.74) is 1.68. The first-order chi connectivity index (χ1) is 11.2. The Morgan fingerprint density at radius 2 is 1.96 bits per heavy atom. The minimum atomic E-state index is -0.410. The average molecular weight is 312 g/mol. The van der Waals surface area contributed by atoms with E-state index in [9.17, 15) is 4.79 Å². The van der Waals surface area contributed by atoms with E-state index < -0.39 is 5.60 Å². The molecule has 0 unspecified atom stereocenters. The number of nitrogens with one attached hydrogen (secondary N) is 1. The standard InChI is InChI=1S/C19H24N2O2/c22-18-20-16-4-2-1-3-15(16)19(23-18)7-9-21(10-8-19)17-12-13-5-6-14(17)11-13/h1-4,13-14,17H,5-12H2,(H,20,22)/t13-,14-,17+/m1/s1. The number of benzene rings is 1. The van der Waals surface area contributed by atoms with Gasteiger partial charge in [0.1, 0.15) is 5.60 Å². The Morgan fingerprint density at radius 1 is 1.13 bits per heavy atom. The normalized spacial score (nSPS) is 35.0. The van der Waals surface area contributed by atoms with Crippen LogP contribution >= 0.6 is 0 Å². The second-order valence-electron chi connectivity index (χ2n) is 7.83. The molecule has 5 rings (SSSR count). The van der Waals surface area contributed by atoms with Crippen molar-refractivity contribution in [2.75, 3.05) is 18.4 Å². The van der Waals surface area contributed by atoms with Gasteiger partial charge in [0.2, 0.25) is 0 Å². The van der Waals surface area contributed by atoms with Gasteiger partial charge in [-0.25, -0.2) is 4.79 Å². The number of fused-ring (bicyclic) bond motifs is 4. The van der Waals surface area contributed by atoms with E-state index in [-0.39, 0.29) is 6.09 Å². The van der Waals surface area contributed by atoms with Gasteiger partial charge in [-0.15, -0.1) is 0 Å². The van der Waals surface area contributed by atoms with Gasteiger partial charge >= 0.3 is 6.09 Å². The van der Waals surface area contributed by atoms with Crippen molar-refractivity contribution in [3.8, 4) is 0 Å².